The fourth-order valence-corrected chi connectivity index (χ4v) is 5.18. The Labute approximate surface area is 193 Å². The predicted octanol–water partition coefficient (Wildman–Crippen LogP) is 4.56. The zero-order valence-corrected chi connectivity index (χ0v) is 20.1. The number of ether oxygens (including phenoxy) is 1. The van der Waals surface area contributed by atoms with E-state index in [0.717, 1.165) is 39.0 Å². The summed E-state index contributed by atoms with van der Waals surface area (Å²) in [5.74, 6) is -0.665. The van der Waals surface area contributed by atoms with Gasteiger partial charge < -0.3 is 10.1 Å². The van der Waals surface area contributed by atoms with Crippen LogP contribution in [0.2, 0.25) is 0 Å². The van der Waals surface area contributed by atoms with Gasteiger partial charge in [-0.2, -0.15) is 0 Å². The molecule has 1 atom stereocenters. The zero-order valence-electron chi connectivity index (χ0n) is 18.4. The summed E-state index contributed by atoms with van der Waals surface area (Å²) in [5.41, 5.74) is 4.55. The summed E-state index contributed by atoms with van der Waals surface area (Å²) in [4.78, 5) is 29.5. The topological polar surface area (TPSA) is 98.5 Å². The molecular weight excluding hydrogens is 446 g/mol. The average molecular weight is 470 g/mol. The third kappa shape index (κ3) is 4.07. The number of rotatable bonds is 6. The first-order chi connectivity index (χ1) is 15.3. The summed E-state index contributed by atoms with van der Waals surface area (Å²) >= 11 is 2.43. The molecule has 0 aliphatic carbocycles. The molecular formula is C22H23N5O3S2. The highest BCUT2D eigenvalue weighted by Gasteiger charge is 2.23. The summed E-state index contributed by atoms with van der Waals surface area (Å²) in [6.45, 7) is 9.66. The third-order valence-corrected chi connectivity index (χ3v) is 7.12. The van der Waals surface area contributed by atoms with Crippen molar-refractivity contribution in [1.29, 1.82) is 0 Å². The van der Waals surface area contributed by atoms with E-state index in [1.54, 1.807) is 20.8 Å². The van der Waals surface area contributed by atoms with Gasteiger partial charge in [-0.25, -0.2) is 9.78 Å². The molecule has 166 valence electrons. The molecule has 1 amide bonds. The molecule has 0 radical (unpaired) electrons. The number of nitrogens with one attached hydrogen (secondary N) is 1. The monoisotopic (exact) mass is 469 g/mol. The maximum atomic E-state index is 12.8. The first kappa shape index (κ1) is 22.2. The van der Waals surface area contributed by atoms with E-state index in [0.29, 0.717) is 20.9 Å². The summed E-state index contributed by atoms with van der Waals surface area (Å²) in [5, 5.41) is 13.1. The van der Waals surface area contributed by atoms with E-state index in [9.17, 15) is 9.59 Å². The molecule has 0 bridgehead atoms. The molecule has 3 heterocycles. The molecule has 1 unspecified atom stereocenters. The molecule has 10 heteroatoms. The first-order valence-electron chi connectivity index (χ1n) is 10.2. The first-order valence-corrected chi connectivity index (χ1v) is 11.9. The van der Waals surface area contributed by atoms with Crippen LogP contribution in [-0.4, -0.2) is 43.3 Å². The number of carbonyl (C=O) groups is 2. The number of carbonyl (C=O) groups excluding carboxylic acids is 2. The normalized spacial score (nSPS) is 12.3. The van der Waals surface area contributed by atoms with E-state index >= 15 is 0 Å². The van der Waals surface area contributed by atoms with Gasteiger partial charge in [-0.1, -0.05) is 41.3 Å². The van der Waals surface area contributed by atoms with Crippen LogP contribution >= 0.6 is 23.1 Å². The SMILES string of the molecule is CCOC(=O)c1sc(NC(=O)C(C)Sc2nnc3cc(C)c4cccc(C)c4n23)nc1C. The quantitative estimate of drug-likeness (QED) is 0.326. The van der Waals surface area contributed by atoms with E-state index in [4.69, 9.17) is 4.74 Å². The van der Waals surface area contributed by atoms with Gasteiger partial charge in [-0.05, 0) is 51.8 Å². The van der Waals surface area contributed by atoms with Crippen molar-refractivity contribution >= 4 is 56.7 Å². The van der Waals surface area contributed by atoms with E-state index in [2.05, 4.69) is 46.5 Å². The minimum absolute atomic E-state index is 0.232. The Morgan fingerprint density at radius 3 is 2.75 bits per heavy atom. The van der Waals surface area contributed by atoms with Gasteiger partial charge in [-0.3, -0.25) is 9.20 Å². The van der Waals surface area contributed by atoms with Gasteiger partial charge in [0, 0.05) is 5.39 Å². The van der Waals surface area contributed by atoms with Gasteiger partial charge in [-0.15, -0.1) is 10.2 Å². The van der Waals surface area contributed by atoms with Crippen LogP contribution < -0.4 is 5.32 Å². The summed E-state index contributed by atoms with van der Waals surface area (Å²) in [7, 11) is 0. The van der Waals surface area contributed by atoms with Crippen LogP contribution in [0.15, 0.2) is 29.4 Å². The number of esters is 1. The van der Waals surface area contributed by atoms with Crippen molar-refractivity contribution in [3.05, 3.63) is 46.0 Å². The minimum Gasteiger partial charge on any atom is -0.462 e. The van der Waals surface area contributed by atoms with E-state index < -0.39 is 11.2 Å². The van der Waals surface area contributed by atoms with E-state index in [-0.39, 0.29) is 12.5 Å². The summed E-state index contributed by atoms with van der Waals surface area (Å²) < 4.78 is 7.03. The Morgan fingerprint density at radius 1 is 1.22 bits per heavy atom. The molecule has 4 aromatic rings. The number of aromatic nitrogens is 4. The minimum atomic E-state index is -0.460. The van der Waals surface area contributed by atoms with E-state index in [1.165, 1.54) is 11.8 Å². The van der Waals surface area contributed by atoms with Gasteiger partial charge in [0.1, 0.15) is 4.88 Å². The van der Waals surface area contributed by atoms with Crippen molar-refractivity contribution in [3.8, 4) is 0 Å². The number of aryl methyl sites for hydroxylation is 3. The number of thiazole rings is 1. The van der Waals surface area contributed by atoms with Crippen molar-refractivity contribution in [2.75, 3.05) is 11.9 Å². The second kappa shape index (κ2) is 8.87. The van der Waals surface area contributed by atoms with Crippen molar-refractivity contribution in [2.45, 2.75) is 45.0 Å². The van der Waals surface area contributed by atoms with Crippen molar-refractivity contribution < 1.29 is 14.3 Å². The highest BCUT2D eigenvalue weighted by Crippen LogP contribution is 2.30. The van der Waals surface area contributed by atoms with Crippen LogP contribution in [0.3, 0.4) is 0 Å². The summed E-state index contributed by atoms with van der Waals surface area (Å²) in [6.07, 6.45) is 0. The highest BCUT2D eigenvalue weighted by molar-refractivity contribution is 8.00. The second-order valence-electron chi connectivity index (χ2n) is 7.38. The van der Waals surface area contributed by atoms with Crippen LogP contribution in [0.25, 0.3) is 16.6 Å². The second-order valence-corrected chi connectivity index (χ2v) is 9.68. The molecule has 3 aromatic heterocycles. The Kier molecular flexibility index (Phi) is 6.16. The number of fused-ring (bicyclic) bond motifs is 3. The molecule has 0 aliphatic rings. The van der Waals surface area contributed by atoms with Crippen LogP contribution in [0.1, 0.15) is 40.3 Å². The maximum Gasteiger partial charge on any atom is 0.350 e. The molecule has 4 rings (SSSR count). The number of thioether (sulfide) groups is 1. The molecule has 1 N–H and O–H groups in total. The predicted molar refractivity (Wildman–Crippen MR) is 127 cm³/mol. The van der Waals surface area contributed by atoms with Gasteiger partial charge in [0.2, 0.25) is 5.91 Å². The maximum absolute atomic E-state index is 12.8. The molecule has 8 nitrogen and oxygen atoms in total. The van der Waals surface area contributed by atoms with Crippen molar-refractivity contribution in [1.82, 2.24) is 19.6 Å². The molecule has 0 saturated carbocycles. The zero-order chi connectivity index (χ0) is 23.0. The number of amides is 1. The standard InChI is InChI=1S/C22H23N5O3S2/c1-6-30-20(29)18-13(4)23-21(32-18)24-19(28)14(5)31-22-26-25-16-10-12(3)15-9-7-8-11(2)17(15)27(16)22/h7-10,14H,6H2,1-5H3,(H,23,24,28). The smallest absolute Gasteiger partial charge is 0.350 e. The molecule has 0 fully saturated rings. The Bertz CT molecular complexity index is 1340. The van der Waals surface area contributed by atoms with Gasteiger partial charge in [0.05, 0.1) is 23.1 Å². The average Bonchev–Trinajstić information content (AvgIpc) is 3.31. The number of para-hydroxylation sites is 1. The number of hydrogen-bond donors (Lipinski definition) is 1. The number of hydrogen-bond acceptors (Lipinski definition) is 8. The fourth-order valence-electron chi connectivity index (χ4n) is 3.46. The van der Waals surface area contributed by atoms with Crippen molar-refractivity contribution in [2.24, 2.45) is 0 Å². The van der Waals surface area contributed by atoms with Gasteiger partial charge >= 0.3 is 5.97 Å². The fraction of sp³-hybridized carbons (Fsp3) is 0.318. The number of anilines is 1. The largest absolute Gasteiger partial charge is 0.462 e. The lowest BCUT2D eigenvalue weighted by Crippen LogP contribution is -2.22. The Morgan fingerprint density at radius 2 is 2.00 bits per heavy atom. The van der Waals surface area contributed by atoms with Crippen LogP contribution in [0.5, 0.6) is 0 Å². The number of benzene rings is 1. The number of pyridine rings is 1. The molecule has 0 saturated heterocycles. The Balaban J connectivity index is 1.58. The molecule has 32 heavy (non-hydrogen) atoms. The Hall–Kier alpha value is -2.98. The lowest BCUT2D eigenvalue weighted by Gasteiger charge is -2.12. The lowest BCUT2D eigenvalue weighted by molar-refractivity contribution is -0.115. The van der Waals surface area contributed by atoms with Crippen LogP contribution in [-0.2, 0) is 9.53 Å². The molecule has 0 aliphatic heterocycles. The molecule has 1 aromatic carbocycles. The van der Waals surface area contributed by atoms with Crippen LogP contribution in [0.4, 0.5) is 5.13 Å². The van der Waals surface area contributed by atoms with Crippen LogP contribution in [0, 0.1) is 20.8 Å². The third-order valence-electron chi connectivity index (χ3n) is 5.03. The lowest BCUT2D eigenvalue weighted by atomic mass is 10.1. The summed E-state index contributed by atoms with van der Waals surface area (Å²) in [6, 6.07) is 8.16. The number of nitrogens with zero attached hydrogens (tertiary/aromatic N) is 4. The van der Waals surface area contributed by atoms with Gasteiger partial charge in [0.25, 0.3) is 0 Å². The molecule has 0 spiro atoms. The van der Waals surface area contributed by atoms with Crippen molar-refractivity contribution in [3.63, 3.8) is 0 Å². The van der Waals surface area contributed by atoms with Gasteiger partial charge in [0.15, 0.2) is 15.9 Å². The highest BCUT2D eigenvalue weighted by atomic mass is 32.2. The van der Waals surface area contributed by atoms with E-state index in [1.807, 2.05) is 16.5 Å².